The summed E-state index contributed by atoms with van der Waals surface area (Å²) in [5, 5.41) is 8.87. The second-order valence-electron chi connectivity index (χ2n) is 7.59. The van der Waals surface area contributed by atoms with Crippen molar-refractivity contribution >= 4 is 23.1 Å². The molecule has 0 spiro atoms. The number of thiazole rings is 1. The van der Waals surface area contributed by atoms with E-state index in [-0.39, 0.29) is 11.4 Å². The van der Waals surface area contributed by atoms with Gasteiger partial charge in [-0.15, -0.1) is 11.3 Å². The molecule has 2 aromatic heterocycles. The normalized spacial score (nSPS) is 15.8. The maximum atomic E-state index is 12.4. The van der Waals surface area contributed by atoms with Crippen molar-refractivity contribution in [1.29, 1.82) is 0 Å². The molecule has 24 heavy (non-hydrogen) atoms. The number of aromatic nitrogens is 3. The van der Waals surface area contributed by atoms with Gasteiger partial charge in [-0.3, -0.25) is 4.79 Å². The standard InChI is InChI=1S/C18H26N4OS/c1-12-19-11-14(24-12)9-17(23)20-16-10-15(13-7-5-6-8-13)21-22(16)18(2,3)4/h10-11,13H,5-9H2,1-4H3,(H,20,23). The summed E-state index contributed by atoms with van der Waals surface area (Å²) in [6.07, 6.45) is 7.10. The number of nitrogens with one attached hydrogen (secondary N) is 1. The van der Waals surface area contributed by atoms with E-state index in [1.54, 1.807) is 17.5 Å². The van der Waals surface area contributed by atoms with Gasteiger partial charge in [-0.25, -0.2) is 9.67 Å². The molecule has 1 aliphatic carbocycles. The zero-order chi connectivity index (χ0) is 17.3. The van der Waals surface area contributed by atoms with Crippen LogP contribution in [0.1, 0.15) is 68.0 Å². The van der Waals surface area contributed by atoms with Gasteiger partial charge in [-0.2, -0.15) is 5.10 Å². The number of nitrogens with zero attached hydrogens (tertiary/aromatic N) is 3. The Hall–Kier alpha value is -1.69. The van der Waals surface area contributed by atoms with Crippen molar-refractivity contribution in [1.82, 2.24) is 14.8 Å². The van der Waals surface area contributed by atoms with Crippen LogP contribution < -0.4 is 5.32 Å². The summed E-state index contributed by atoms with van der Waals surface area (Å²) in [5.74, 6) is 1.33. The molecule has 0 unspecified atom stereocenters. The van der Waals surface area contributed by atoms with Crippen molar-refractivity contribution in [2.75, 3.05) is 5.32 Å². The van der Waals surface area contributed by atoms with Gasteiger partial charge in [0, 0.05) is 23.1 Å². The van der Waals surface area contributed by atoms with E-state index in [2.05, 4.69) is 37.1 Å². The van der Waals surface area contributed by atoms with Gasteiger partial charge in [0.05, 0.1) is 22.7 Å². The second kappa shape index (κ2) is 6.67. The molecule has 0 aromatic carbocycles. The zero-order valence-corrected chi connectivity index (χ0v) is 15.7. The first-order valence-electron chi connectivity index (χ1n) is 8.64. The van der Waals surface area contributed by atoms with Gasteiger partial charge in [-0.05, 0) is 40.5 Å². The Morgan fingerprint density at radius 1 is 1.38 bits per heavy atom. The molecule has 3 rings (SSSR count). The minimum Gasteiger partial charge on any atom is -0.311 e. The van der Waals surface area contributed by atoms with Crippen LogP contribution in [0.3, 0.4) is 0 Å². The number of amides is 1. The van der Waals surface area contributed by atoms with Crippen molar-refractivity contribution < 1.29 is 4.79 Å². The summed E-state index contributed by atoms with van der Waals surface area (Å²) in [4.78, 5) is 17.6. The summed E-state index contributed by atoms with van der Waals surface area (Å²) in [6.45, 7) is 8.29. The van der Waals surface area contributed by atoms with E-state index < -0.39 is 0 Å². The van der Waals surface area contributed by atoms with Crippen LogP contribution in [-0.4, -0.2) is 20.7 Å². The molecule has 2 aromatic rings. The van der Waals surface area contributed by atoms with Gasteiger partial charge < -0.3 is 5.32 Å². The lowest BCUT2D eigenvalue weighted by molar-refractivity contribution is -0.115. The molecular formula is C18H26N4OS. The lowest BCUT2D eigenvalue weighted by Crippen LogP contribution is -2.27. The first-order chi connectivity index (χ1) is 11.3. The van der Waals surface area contributed by atoms with Crippen LogP contribution in [-0.2, 0) is 16.8 Å². The molecule has 1 fully saturated rings. The third-order valence-electron chi connectivity index (χ3n) is 4.41. The molecule has 0 radical (unpaired) electrons. The molecule has 0 atom stereocenters. The number of anilines is 1. The first kappa shape index (κ1) is 17.1. The number of aryl methyl sites for hydroxylation is 1. The summed E-state index contributed by atoms with van der Waals surface area (Å²) in [7, 11) is 0. The number of hydrogen-bond donors (Lipinski definition) is 1. The van der Waals surface area contributed by atoms with Crippen LogP contribution >= 0.6 is 11.3 Å². The molecule has 1 N–H and O–H groups in total. The van der Waals surface area contributed by atoms with Crippen LogP contribution in [0, 0.1) is 6.92 Å². The Morgan fingerprint density at radius 2 is 2.08 bits per heavy atom. The lowest BCUT2D eigenvalue weighted by atomic mass is 10.0. The van der Waals surface area contributed by atoms with E-state index in [1.807, 2.05) is 11.6 Å². The molecule has 1 saturated carbocycles. The highest BCUT2D eigenvalue weighted by atomic mass is 32.1. The maximum absolute atomic E-state index is 12.4. The Bertz CT molecular complexity index is 720. The lowest BCUT2D eigenvalue weighted by Gasteiger charge is -2.22. The molecule has 130 valence electrons. The summed E-state index contributed by atoms with van der Waals surface area (Å²) >= 11 is 1.57. The fourth-order valence-electron chi connectivity index (χ4n) is 3.25. The molecule has 2 heterocycles. The van der Waals surface area contributed by atoms with Gasteiger partial charge >= 0.3 is 0 Å². The van der Waals surface area contributed by atoms with Gasteiger partial charge in [0.25, 0.3) is 0 Å². The monoisotopic (exact) mass is 346 g/mol. The molecule has 1 amide bonds. The third-order valence-corrected chi connectivity index (χ3v) is 5.32. The minimum atomic E-state index is -0.166. The van der Waals surface area contributed by atoms with Gasteiger partial charge in [0.15, 0.2) is 0 Å². The predicted octanol–water partition coefficient (Wildman–Crippen LogP) is 4.24. The van der Waals surface area contributed by atoms with E-state index in [1.165, 1.54) is 25.7 Å². The topological polar surface area (TPSA) is 59.8 Å². The molecule has 6 heteroatoms. The third kappa shape index (κ3) is 3.86. The summed E-state index contributed by atoms with van der Waals surface area (Å²) < 4.78 is 1.95. The maximum Gasteiger partial charge on any atom is 0.230 e. The van der Waals surface area contributed by atoms with Crippen LogP contribution in [0.2, 0.25) is 0 Å². The fourth-order valence-corrected chi connectivity index (χ4v) is 4.05. The second-order valence-corrected chi connectivity index (χ2v) is 8.91. The van der Waals surface area contributed by atoms with E-state index >= 15 is 0 Å². The molecule has 0 aliphatic heterocycles. The Morgan fingerprint density at radius 3 is 2.67 bits per heavy atom. The van der Waals surface area contributed by atoms with E-state index in [0.717, 1.165) is 21.4 Å². The smallest absolute Gasteiger partial charge is 0.230 e. The Labute approximate surface area is 147 Å². The number of hydrogen-bond acceptors (Lipinski definition) is 4. The van der Waals surface area contributed by atoms with Crippen molar-refractivity contribution in [3.63, 3.8) is 0 Å². The molecule has 5 nitrogen and oxygen atoms in total. The Balaban J connectivity index is 1.78. The van der Waals surface area contributed by atoms with Gasteiger partial charge in [0.1, 0.15) is 5.82 Å². The molecule has 0 bridgehead atoms. The molecule has 1 aliphatic rings. The van der Waals surface area contributed by atoms with Crippen molar-refractivity contribution in [3.8, 4) is 0 Å². The van der Waals surface area contributed by atoms with Gasteiger partial charge in [-0.1, -0.05) is 12.8 Å². The molecule has 0 saturated heterocycles. The zero-order valence-electron chi connectivity index (χ0n) is 14.9. The van der Waals surface area contributed by atoms with E-state index in [9.17, 15) is 4.79 Å². The highest BCUT2D eigenvalue weighted by Crippen LogP contribution is 2.35. The van der Waals surface area contributed by atoms with Crippen LogP contribution in [0.5, 0.6) is 0 Å². The van der Waals surface area contributed by atoms with Gasteiger partial charge in [0.2, 0.25) is 5.91 Å². The molecular weight excluding hydrogens is 320 g/mol. The average Bonchev–Trinajstić information content (AvgIpc) is 3.18. The quantitative estimate of drug-likeness (QED) is 0.900. The van der Waals surface area contributed by atoms with Crippen LogP contribution in [0.4, 0.5) is 5.82 Å². The van der Waals surface area contributed by atoms with Crippen molar-refractivity contribution in [2.45, 2.75) is 71.3 Å². The Kier molecular flexibility index (Phi) is 4.76. The van der Waals surface area contributed by atoms with Crippen molar-refractivity contribution in [3.05, 3.63) is 27.8 Å². The minimum absolute atomic E-state index is 0.0120. The van der Waals surface area contributed by atoms with E-state index in [4.69, 9.17) is 5.10 Å². The summed E-state index contributed by atoms with van der Waals surface area (Å²) in [6, 6.07) is 2.07. The largest absolute Gasteiger partial charge is 0.311 e. The fraction of sp³-hybridized carbons (Fsp3) is 0.611. The van der Waals surface area contributed by atoms with Crippen LogP contribution in [0.25, 0.3) is 0 Å². The van der Waals surface area contributed by atoms with Crippen molar-refractivity contribution in [2.24, 2.45) is 0 Å². The number of carbonyl (C=O) groups is 1. The first-order valence-corrected chi connectivity index (χ1v) is 9.46. The van der Waals surface area contributed by atoms with E-state index in [0.29, 0.717) is 12.3 Å². The predicted molar refractivity (Wildman–Crippen MR) is 97.6 cm³/mol. The number of carbonyl (C=O) groups excluding carboxylic acids is 1. The average molecular weight is 347 g/mol. The number of rotatable bonds is 4. The highest BCUT2D eigenvalue weighted by Gasteiger charge is 2.26. The highest BCUT2D eigenvalue weighted by molar-refractivity contribution is 7.11. The SMILES string of the molecule is Cc1ncc(CC(=O)Nc2cc(C3CCCC3)nn2C(C)(C)C)s1. The summed E-state index contributed by atoms with van der Waals surface area (Å²) in [5.41, 5.74) is 0.951. The van der Waals surface area contributed by atoms with Crippen LogP contribution in [0.15, 0.2) is 12.3 Å².